The van der Waals surface area contributed by atoms with Crippen LogP contribution >= 0.6 is 12.2 Å². The van der Waals surface area contributed by atoms with E-state index >= 15 is 0 Å². The zero-order valence-electron chi connectivity index (χ0n) is 13.3. The van der Waals surface area contributed by atoms with Crippen LogP contribution in [0.15, 0.2) is 65.0 Å². The van der Waals surface area contributed by atoms with Crippen molar-refractivity contribution in [1.82, 2.24) is 10.4 Å². The number of nitrogens with zero attached hydrogens (tertiary/aromatic N) is 3. The van der Waals surface area contributed by atoms with E-state index in [0.29, 0.717) is 5.82 Å². The Hall–Kier alpha value is -3.33. The molecule has 0 fully saturated rings. The number of hydrogen-bond donors (Lipinski definition) is 4. The second kappa shape index (κ2) is 9.08. The van der Waals surface area contributed by atoms with Crippen molar-refractivity contribution in [2.24, 2.45) is 10.3 Å². The first-order valence-corrected chi connectivity index (χ1v) is 7.62. The normalized spacial score (nSPS) is 11.6. The zero-order chi connectivity index (χ0) is 18.1. The maximum atomic E-state index is 12.1. The molecule has 0 spiro atoms. The van der Waals surface area contributed by atoms with E-state index in [2.05, 4.69) is 31.3 Å². The Balaban J connectivity index is 1.96. The number of hydrogen-bond acceptors (Lipinski definition) is 6. The number of para-hydroxylation sites is 1. The molecule has 0 aliphatic heterocycles. The van der Waals surface area contributed by atoms with Gasteiger partial charge in [0.25, 0.3) is 5.91 Å². The van der Waals surface area contributed by atoms with Gasteiger partial charge in [-0.05, 0) is 43.4 Å². The molecular formula is C16H16N6O2S. The molecule has 0 aliphatic carbocycles. The van der Waals surface area contributed by atoms with E-state index in [-0.39, 0.29) is 16.5 Å². The molecule has 2 aromatic rings. The third-order valence-corrected chi connectivity index (χ3v) is 3.11. The summed E-state index contributed by atoms with van der Waals surface area (Å²) in [4.78, 5) is 16.1. The summed E-state index contributed by atoms with van der Waals surface area (Å²) in [6.45, 7) is 1.51. The fraction of sp³-hybridized carbons (Fsp3) is 0.0625. The van der Waals surface area contributed by atoms with E-state index < -0.39 is 5.91 Å². The first kappa shape index (κ1) is 18.0. The molecule has 128 valence electrons. The lowest BCUT2D eigenvalue weighted by atomic mass is 10.2. The van der Waals surface area contributed by atoms with Gasteiger partial charge in [0.1, 0.15) is 5.82 Å². The summed E-state index contributed by atoms with van der Waals surface area (Å²) < 4.78 is 0. The standard InChI is InChI=1S/C16H16N6O2S/c1-11(20-21-16(25)18-12-7-3-2-4-8-12)14(22-24)15(23)19-13-9-5-6-10-17-13/h2-10,24H,1H3,(H,17,19,23)(H2,18,21,25)/b20-11+,22-14+. The van der Waals surface area contributed by atoms with Crippen LogP contribution < -0.4 is 16.1 Å². The van der Waals surface area contributed by atoms with Gasteiger partial charge in [-0.1, -0.05) is 29.4 Å². The number of pyridine rings is 1. The molecule has 0 saturated heterocycles. The summed E-state index contributed by atoms with van der Waals surface area (Å²) in [6, 6.07) is 14.3. The molecule has 0 saturated carbocycles. The Kier molecular flexibility index (Phi) is 6.55. The summed E-state index contributed by atoms with van der Waals surface area (Å²) in [5.41, 5.74) is 3.26. The average molecular weight is 356 g/mol. The van der Waals surface area contributed by atoms with Crippen LogP contribution in [-0.2, 0) is 4.79 Å². The Bertz CT molecular complexity index is 793. The number of carbonyl (C=O) groups is 1. The second-order valence-electron chi connectivity index (χ2n) is 4.75. The van der Waals surface area contributed by atoms with Gasteiger partial charge in [0.2, 0.25) is 0 Å². The molecule has 0 aliphatic rings. The van der Waals surface area contributed by atoms with Crippen molar-refractivity contribution in [3.05, 3.63) is 54.7 Å². The molecule has 1 aromatic heterocycles. The predicted molar refractivity (Wildman–Crippen MR) is 101 cm³/mol. The molecule has 1 amide bonds. The Morgan fingerprint density at radius 3 is 2.48 bits per heavy atom. The topological polar surface area (TPSA) is 111 Å². The highest BCUT2D eigenvalue weighted by Gasteiger charge is 2.16. The average Bonchev–Trinajstić information content (AvgIpc) is 2.62. The number of thiocarbonyl (C=S) groups is 1. The van der Waals surface area contributed by atoms with E-state index in [1.54, 1.807) is 18.2 Å². The van der Waals surface area contributed by atoms with Crippen molar-refractivity contribution < 1.29 is 10.0 Å². The smallest absolute Gasteiger partial charge is 0.280 e. The molecule has 8 nitrogen and oxygen atoms in total. The van der Waals surface area contributed by atoms with Gasteiger partial charge < -0.3 is 15.8 Å². The van der Waals surface area contributed by atoms with Crippen LogP contribution in [0, 0.1) is 0 Å². The number of benzene rings is 1. The third kappa shape index (κ3) is 5.66. The molecule has 0 bridgehead atoms. The van der Waals surface area contributed by atoms with Crippen molar-refractivity contribution >= 4 is 46.2 Å². The maximum Gasteiger partial charge on any atom is 0.280 e. The van der Waals surface area contributed by atoms with Crippen molar-refractivity contribution in [1.29, 1.82) is 0 Å². The summed E-state index contributed by atoms with van der Waals surface area (Å²) in [5.74, 6) is -0.318. The van der Waals surface area contributed by atoms with E-state index in [4.69, 9.17) is 17.4 Å². The number of hydrazone groups is 1. The molecule has 1 aromatic carbocycles. The number of carbonyl (C=O) groups excluding carboxylic acids is 1. The van der Waals surface area contributed by atoms with Crippen molar-refractivity contribution in [3.63, 3.8) is 0 Å². The minimum absolute atomic E-state index is 0.146. The highest BCUT2D eigenvalue weighted by Crippen LogP contribution is 2.04. The second-order valence-corrected chi connectivity index (χ2v) is 5.16. The lowest BCUT2D eigenvalue weighted by molar-refractivity contribution is -0.110. The van der Waals surface area contributed by atoms with E-state index in [1.165, 1.54) is 13.1 Å². The number of rotatable bonds is 5. The van der Waals surface area contributed by atoms with Gasteiger partial charge in [0, 0.05) is 11.9 Å². The van der Waals surface area contributed by atoms with Gasteiger partial charge in [-0.15, -0.1) is 0 Å². The summed E-state index contributed by atoms with van der Waals surface area (Å²) in [5, 5.41) is 21.7. The number of anilines is 2. The van der Waals surface area contributed by atoms with Gasteiger partial charge in [0.05, 0.1) is 5.71 Å². The summed E-state index contributed by atoms with van der Waals surface area (Å²) >= 11 is 5.11. The molecular weight excluding hydrogens is 340 g/mol. The molecule has 0 unspecified atom stereocenters. The van der Waals surface area contributed by atoms with Crippen LogP contribution in [0.2, 0.25) is 0 Å². The Labute approximate surface area is 149 Å². The van der Waals surface area contributed by atoms with E-state index in [9.17, 15) is 4.79 Å². The fourth-order valence-electron chi connectivity index (χ4n) is 1.76. The first-order valence-electron chi connectivity index (χ1n) is 7.21. The van der Waals surface area contributed by atoms with Gasteiger partial charge in [-0.3, -0.25) is 10.2 Å². The van der Waals surface area contributed by atoms with Crippen molar-refractivity contribution in [3.8, 4) is 0 Å². The van der Waals surface area contributed by atoms with Crippen molar-refractivity contribution in [2.45, 2.75) is 6.92 Å². The number of aromatic nitrogens is 1. The van der Waals surface area contributed by atoms with Gasteiger partial charge in [0.15, 0.2) is 10.8 Å². The van der Waals surface area contributed by atoms with E-state index in [0.717, 1.165) is 5.69 Å². The molecule has 2 rings (SSSR count). The SMILES string of the molecule is CC(=N\NC(=S)Nc1ccccc1)/C(=N\O)C(=O)Nc1ccccn1. The van der Waals surface area contributed by atoms with Crippen molar-refractivity contribution in [2.75, 3.05) is 10.6 Å². The van der Waals surface area contributed by atoms with Crippen LogP contribution in [0.5, 0.6) is 0 Å². The number of oxime groups is 1. The molecule has 9 heteroatoms. The zero-order valence-corrected chi connectivity index (χ0v) is 14.1. The molecule has 25 heavy (non-hydrogen) atoms. The quantitative estimate of drug-likeness (QED) is 0.283. The third-order valence-electron chi connectivity index (χ3n) is 2.92. The lowest BCUT2D eigenvalue weighted by Gasteiger charge is -2.08. The fourth-order valence-corrected chi connectivity index (χ4v) is 1.93. The van der Waals surface area contributed by atoms with Gasteiger partial charge in [-0.25, -0.2) is 4.98 Å². The molecule has 4 N–H and O–H groups in total. The van der Waals surface area contributed by atoms with Crippen LogP contribution in [-0.4, -0.2) is 32.6 Å². The minimum atomic E-state index is -0.647. The molecule has 1 heterocycles. The Morgan fingerprint density at radius 2 is 1.84 bits per heavy atom. The maximum absolute atomic E-state index is 12.1. The molecule has 0 atom stereocenters. The monoisotopic (exact) mass is 356 g/mol. The first-order chi connectivity index (χ1) is 12.1. The van der Waals surface area contributed by atoms with Gasteiger partial charge in [-0.2, -0.15) is 5.10 Å². The largest absolute Gasteiger partial charge is 0.410 e. The van der Waals surface area contributed by atoms with Crippen LogP contribution in [0.25, 0.3) is 0 Å². The minimum Gasteiger partial charge on any atom is -0.410 e. The lowest BCUT2D eigenvalue weighted by Crippen LogP contribution is -2.32. The van der Waals surface area contributed by atoms with Crippen LogP contribution in [0.4, 0.5) is 11.5 Å². The summed E-state index contributed by atoms with van der Waals surface area (Å²) in [7, 11) is 0. The van der Waals surface area contributed by atoms with E-state index in [1.807, 2.05) is 30.3 Å². The number of nitrogens with one attached hydrogen (secondary N) is 3. The Morgan fingerprint density at radius 1 is 1.12 bits per heavy atom. The van der Waals surface area contributed by atoms with Crippen LogP contribution in [0.3, 0.4) is 0 Å². The summed E-state index contributed by atoms with van der Waals surface area (Å²) in [6.07, 6.45) is 1.53. The highest BCUT2D eigenvalue weighted by atomic mass is 32.1. The van der Waals surface area contributed by atoms with Crippen LogP contribution in [0.1, 0.15) is 6.92 Å². The van der Waals surface area contributed by atoms with Gasteiger partial charge >= 0.3 is 0 Å². The molecule has 0 radical (unpaired) electrons. The predicted octanol–water partition coefficient (Wildman–Crippen LogP) is 2.21. The number of amides is 1. The highest BCUT2D eigenvalue weighted by molar-refractivity contribution is 7.80.